The van der Waals surface area contributed by atoms with E-state index in [4.69, 9.17) is 4.42 Å². The van der Waals surface area contributed by atoms with Crippen LogP contribution in [0.3, 0.4) is 0 Å². The predicted molar refractivity (Wildman–Crippen MR) is 239 cm³/mol. The number of anilines is 3. The fourth-order valence-corrected chi connectivity index (χ4v) is 8.42. The molecule has 11 aromatic rings. The summed E-state index contributed by atoms with van der Waals surface area (Å²) >= 11 is 0. The molecule has 0 bridgehead atoms. The van der Waals surface area contributed by atoms with Crippen molar-refractivity contribution in [3.63, 3.8) is 0 Å². The Labute approximate surface area is 330 Å². The van der Waals surface area contributed by atoms with Crippen LogP contribution in [0.15, 0.2) is 223 Å². The van der Waals surface area contributed by atoms with Crippen LogP contribution in [0.25, 0.3) is 82.8 Å². The Hall–Kier alpha value is -7.62. The van der Waals surface area contributed by atoms with Gasteiger partial charge in [-0.2, -0.15) is 0 Å². The fraction of sp³-hybridized carbons (Fsp3) is 0. The summed E-state index contributed by atoms with van der Waals surface area (Å²) in [5.74, 6) is 0. The van der Waals surface area contributed by atoms with Gasteiger partial charge in [-0.1, -0.05) is 140 Å². The average Bonchev–Trinajstić information content (AvgIpc) is 3.83. The molecular formula is C54H36N2O. The Bertz CT molecular complexity index is 3160. The Morgan fingerprint density at radius 2 is 0.754 bits per heavy atom. The largest absolute Gasteiger partial charge is 0.456 e. The first-order valence-electron chi connectivity index (χ1n) is 19.4. The minimum Gasteiger partial charge on any atom is -0.456 e. The Morgan fingerprint density at radius 3 is 1.39 bits per heavy atom. The van der Waals surface area contributed by atoms with Crippen molar-refractivity contribution in [3.05, 3.63) is 218 Å². The molecule has 2 aromatic heterocycles. The van der Waals surface area contributed by atoms with Gasteiger partial charge in [-0.15, -0.1) is 0 Å². The monoisotopic (exact) mass is 728 g/mol. The summed E-state index contributed by atoms with van der Waals surface area (Å²) in [7, 11) is 0. The van der Waals surface area contributed by atoms with Crippen LogP contribution in [0.4, 0.5) is 17.1 Å². The maximum absolute atomic E-state index is 6.16. The molecule has 3 heteroatoms. The number of para-hydroxylation sites is 4. The third-order valence-electron chi connectivity index (χ3n) is 11.2. The van der Waals surface area contributed by atoms with Crippen molar-refractivity contribution in [2.45, 2.75) is 0 Å². The van der Waals surface area contributed by atoms with Crippen molar-refractivity contribution >= 4 is 60.8 Å². The van der Waals surface area contributed by atoms with Crippen molar-refractivity contribution in [3.8, 4) is 39.1 Å². The Balaban J connectivity index is 0.882. The Kier molecular flexibility index (Phi) is 7.82. The second kappa shape index (κ2) is 13.6. The average molecular weight is 729 g/mol. The van der Waals surface area contributed by atoms with E-state index in [2.05, 4.69) is 216 Å². The molecule has 0 fully saturated rings. The minimum absolute atomic E-state index is 0.913. The molecule has 9 aromatic carbocycles. The van der Waals surface area contributed by atoms with E-state index in [0.29, 0.717) is 0 Å². The van der Waals surface area contributed by atoms with E-state index in [1.165, 1.54) is 44.1 Å². The molecule has 0 aliphatic heterocycles. The van der Waals surface area contributed by atoms with Gasteiger partial charge in [0, 0.05) is 44.3 Å². The normalized spacial score (nSPS) is 11.5. The SMILES string of the molecule is c1ccc(N(c2ccc(-c3ccc(-c4ccc5c(c4)oc4ccccc45)cc3)cc2)c2ccc(-c3cccc(-n4c5ccccc5c5ccccc54)c3)cc2)cc1. The van der Waals surface area contributed by atoms with E-state index < -0.39 is 0 Å². The van der Waals surface area contributed by atoms with E-state index in [9.17, 15) is 0 Å². The van der Waals surface area contributed by atoms with Crippen molar-refractivity contribution in [2.75, 3.05) is 4.90 Å². The number of rotatable bonds is 7. The molecule has 0 spiro atoms. The highest BCUT2D eigenvalue weighted by Crippen LogP contribution is 2.39. The first-order valence-corrected chi connectivity index (χ1v) is 19.4. The third-order valence-corrected chi connectivity index (χ3v) is 11.2. The van der Waals surface area contributed by atoms with Crippen LogP contribution in [0, 0.1) is 0 Å². The van der Waals surface area contributed by atoms with Gasteiger partial charge in [0.1, 0.15) is 11.2 Å². The van der Waals surface area contributed by atoms with Gasteiger partial charge < -0.3 is 13.9 Å². The van der Waals surface area contributed by atoms with E-state index >= 15 is 0 Å². The lowest BCUT2D eigenvalue weighted by Gasteiger charge is -2.26. The molecule has 268 valence electrons. The summed E-state index contributed by atoms with van der Waals surface area (Å²) in [6, 6.07) is 78.1. The van der Waals surface area contributed by atoms with Crippen LogP contribution < -0.4 is 4.90 Å². The fourth-order valence-electron chi connectivity index (χ4n) is 8.42. The second-order valence-electron chi connectivity index (χ2n) is 14.6. The smallest absolute Gasteiger partial charge is 0.136 e. The highest BCUT2D eigenvalue weighted by Gasteiger charge is 2.15. The van der Waals surface area contributed by atoms with Gasteiger partial charge in [0.05, 0.1) is 11.0 Å². The number of benzene rings is 9. The maximum Gasteiger partial charge on any atom is 0.136 e. The third kappa shape index (κ3) is 5.76. The van der Waals surface area contributed by atoms with Crippen LogP contribution >= 0.6 is 0 Å². The number of furan rings is 1. The number of fused-ring (bicyclic) bond motifs is 6. The molecular weight excluding hydrogens is 693 g/mol. The van der Waals surface area contributed by atoms with Crippen LogP contribution in [0.1, 0.15) is 0 Å². The maximum atomic E-state index is 6.16. The van der Waals surface area contributed by atoms with Crippen molar-refractivity contribution < 1.29 is 4.42 Å². The highest BCUT2D eigenvalue weighted by molar-refractivity contribution is 6.09. The molecule has 57 heavy (non-hydrogen) atoms. The zero-order valence-electron chi connectivity index (χ0n) is 31.1. The van der Waals surface area contributed by atoms with Gasteiger partial charge in [-0.05, 0) is 112 Å². The topological polar surface area (TPSA) is 21.3 Å². The van der Waals surface area contributed by atoms with Crippen LogP contribution in [0.2, 0.25) is 0 Å². The first-order chi connectivity index (χ1) is 28.2. The van der Waals surface area contributed by atoms with Gasteiger partial charge in [-0.25, -0.2) is 0 Å². The molecule has 3 nitrogen and oxygen atoms in total. The number of hydrogen-bond acceptors (Lipinski definition) is 2. The van der Waals surface area contributed by atoms with Crippen LogP contribution in [-0.2, 0) is 0 Å². The zero-order chi connectivity index (χ0) is 37.7. The summed E-state index contributed by atoms with van der Waals surface area (Å²) in [5.41, 5.74) is 15.7. The molecule has 0 aliphatic rings. The zero-order valence-corrected chi connectivity index (χ0v) is 31.1. The lowest BCUT2D eigenvalue weighted by molar-refractivity contribution is 0.669. The van der Waals surface area contributed by atoms with Gasteiger partial charge in [0.15, 0.2) is 0 Å². The molecule has 0 N–H and O–H groups in total. The summed E-state index contributed by atoms with van der Waals surface area (Å²) in [5, 5.41) is 4.83. The predicted octanol–water partition coefficient (Wildman–Crippen LogP) is 15.2. The molecule has 0 atom stereocenters. The number of nitrogens with zero attached hydrogens (tertiary/aromatic N) is 2. The minimum atomic E-state index is 0.913. The Morgan fingerprint density at radius 1 is 0.298 bits per heavy atom. The van der Waals surface area contributed by atoms with Crippen molar-refractivity contribution in [1.29, 1.82) is 0 Å². The summed E-state index contributed by atoms with van der Waals surface area (Å²) in [6.07, 6.45) is 0. The van der Waals surface area contributed by atoms with E-state index in [1.54, 1.807) is 0 Å². The molecule has 11 rings (SSSR count). The van der Waals surface area contributed by atoms with Gasteiger partial charge in [0.25, 0.3) is 0 Å². The highest BCUT2D eigenvalue weighted by atomic mass is 16.3. The molecule has 0 saturated carbocycles. The molecule has 0 radical (unpaired) electrons. The van der Waals surface area contributed by atoms with E-state index in [0.717, 1.165) is 55.8 Å². The quantitative estimate of drug-likeness (QED) is 0.163. The lowest BCUT2D eigenvalue weighted by Crippen LogP contribution is -2.09. The molecule has 0 unspecified atom stereocenters. The number of hydrogen-bond donors (Lipinski definition) is 0. The first kappa shape index (κ1) is 32.8. The molecule has 0 saturated heterocycles. The molecule has 2 heterocycles. The standard InChI is InChI=1S/C54H36N2O/c1-2-12-43(13-3-1)55(44-30-25-38(26-31-44)37-21-23-39(24-22-37)42-29-34-50-49-17-6-9-20-53(49)57-54(50)36-42)45-32-27-40(28-33-45)41-11-10-14-46(35-41)56-51-18-7-4-15-47(51)48-16-5-8-19-52(48)56/h1-36H. The van der Waals surface area contributed by atoms with Gasteiger partial charge in [-0.3, -0.25) is 0 Å². The summed E-state index contributed by atoms with van der Waals surface area (Å²) in [4.78, 5) is 2.32. The van der Waals surface area contributed by atoms with E-state index in [1.807, 2.05) is 12.1 Å². The lowest BCUT2D eigenvalue weighted by atomic mass is 9.99. The summed E-state index contributed by atoms with van der Waals surface area (Å²) < 4.78 is 8.54. The van der Waals surface area contributed by atoms with Gasteiger partial charge >= 0.3 is 0 Å². The summed E-state index contributed by atoms with van der Waals surface area (Å²) in [6.45, 7) is 0. The van der Waals surface area contributed by atoms with Crippen LogP contribution in [0.5, 0.6) is 0 Å². The van der Waals surface area contributed by atoms with Gasteiger partial charge in [0.2, 0.25) is 0 Å². The molecule has 0 amide bonds. The number of aromatic nitrogens is 1. The molecule has 0 aliphatic carbocycles. The van der Waals surface area contributed by atoms with E-state index in [-0.39, 0.29) is 0 Å². The van der Waals surface area contributed by atoms with Crippen molar-refractivity contribution in [2.24, 2.45) is 0 Å². The second-order valence-corrected chi connectivity index (χ2v) is 14.6. The van der Waals surface area contributed by atoms with Crippen LogP contribution in [-0.4, -0.2) is 4.57 Å². The van der Waals surface area contributed by atoms with Crippen molar-refractivity contribution in [1.82, 2.24) is 4.57 Å².